The zero-order valence-corrected chi connectivity index (χ0v) is 16.3. The predicted molar refractivity (Wildman–Crippen MR) is 99.7 cm³/mol. The van der Waals surface area contributed by atoms with Crippen LogP contribution in [-0.2, 0) is 9.59 Å². The Morgan fingerprint density at radius 2 is 1.33 bits per heavy atom. The number of primary amides is 1. The molecule has 3 N–H and O–H groups in total. The second-order valence-corrected chi connectivity index (χ2v) is 7.47. The maximum absolute atomic E-state index is 12.2. The number of aliphatic carboxylic acids is 1. The molecular formula is C20H39NO3. The molecular weight excluding hydrogens is 302 g/mol. The third kappa shape index (κ3) is 8.16. The van der Waals surface area contributed by atoms with Crippen LogP contribution < -0.4 is 5.73 Å². The van der Waals surface area contributed by atoms with Gasteiger partial charge in [0.15, 0.2) is 0 Å². The quantitative estimate of drug-likeness (QED) is 0.432. The Bertz CT molecular complexity index is 350. The number of nitrogens with two attached hydrogens (primary N) is 1. The van der Waals surface area contributed by atoms with Crippen molar-refractivity contribution in [1.82, 2.24) is 0 Å². The van der Waals surface area contributed by atoms with Gasteiger partial charge in [0.05, 0.1) is 5.41 Å². The van der Waals surface area contributed by atoms with E-state index in [-0.39, 0.29) is 6.42 Å². The molecule has 0 aromatic carbocycles. The highest BCUT2D eigenvalue weighted by molar-refractivity contribution is 5.84. The Kier molecular flexibility index (Phi) is 11.8. The van der Waals surface area contributed by atoms with Crippen LogP contribution in [0.3, 0.4) is 0 Å². The monoisotopic (exact) mass is 341 g/mol. The van der Waals surface area contributed by atoms with Crippen LogP contribution in [0.5, 0.6) is 0 Å². The minimum absolute atomic E-state index is 0.0341. The van der Waals surface area contributed by atoms with E-state index in [0.717, 1.165) is 51.4 Å². The van der Waals surface area contributed by atoms with E-state index in [1.54, 1.807) is 0 Å². The first-order chi connectivity index (χ1) is 11.3. The SMILES string of the molecule is CCCCC(CC)CC(CC(N)=O)(CC(CC)CCCC)C(=O)O. The third-order valence-corrected chi connectivity index (χ3v) is 5.41. The van der Waals surface area contributed by atoms with Gasteiger partial charge in [0.25, 0.3) is 0 Å². The zero-order valence-electron chi connectivity index (χ0n) is 16.3. The van der Waals surface area contributed by atoms with Gasteiger partial charge in [-0.2, -0.15) is 0 Å². The van der Waals surface area contributed by atoms with Crippen LogP contribution in [0.15, 0.2) is 0 Å². The summed E-state index contributed by atoms with van der Waals surface area (Å²) in [5, 5.41) is 10.0. The number of carboxylic acids is 1. The van der Waals surface area contributed by atoms with Crippen molar-refractivity contribution in [2.24, 2.45) is 23.0 Å². The highest BCUT2D eigenvalue weighted by Crippen LogP contribution is 2.41. The lowest BCUT2D eigenvalue weighted by Crippen LogP contribution is -2.39. The Hall–Kier alpha value is -1.06. The standard InChI is InChI=1S/C20H39NO3/c1-5-9-11-16(7-3)13-20(19(23)24,15-18(21)22)14-17(8-4)12-10-6-2/h16-17H,5-15H2,1-4H3,(H2,21,22)(H,23,24). The first-order valence-corrected chi connectivity index (χ1v) is 9.86. The highest BCUT2D eigenvalue weighted by Gasteiger charge is 2.42. The molecule has 0 aromatic rings. The molecule has 1 amide bonds. The average Bonchev–Trinajstić information content (AvgIpc) is 2.54. The van der Waals surface area contributed by atoms with Crippen molar-refractivity contribution in [2.75, 3.05) is 0 Å². The predicted octanol–water partition coefficient (Wildman–Crippen LogP) is 5.15. The summed E-state index contributed by atoms with van der Waals surface area (Å²) in [6, 6.07) is 0. The Morgan fingerprint density at radius 1 is 0.917 bits per heavy atom. The number of rotatable bonds is 15. The molecule has 2 unspecified atom stereocenters. The number of carbonyl (C=O) groups is 2. The number of carboxylic acid groups (broad SMARTS) is 1. The molecule has 0 aromatic heterocycles. The normalized spacial score (nSPS) is 16.3. The molecule has 0 bridgehead atoms. The van der Waals surface area contributed by atoms with Crippen molar-refractivity contribution in [1.29, 1.82) is 0 Å². The molecule has 0 aliphatic carbocycles. The molecule has 4 heteroatoms. The molecule has 0 rings (SSSR count). The molecule has 0 aliphatic rings. The van der Waals surface area contributed by atoms with Gasteiger partial charge in [0.2, 0.25) is 5.91 Å². The van der Waals surface area contributed by atoms with E-state index < -0.39 is 17.3 Å². The van der Waals surface area contributed by atoms with Crippen LogP contribution in [0.1, 0.15) is 98.3 Å². The molecule has 24 heavy (non-hydrogen) atoms. The molecule has 0 spiro atoms. The Balaban J connectivity index is 5.36. The Morgan fingerprint density at radius 3 is 1.58 bits per heavy atom. The average molecular weight is 342 g/mol. The molecule has 0 saturated heterocycles. The summed E-state index contributed by atoms with van der Waals surface area (Å²) in [6.07, 6.45) is 9.54. The summed E-state index contributed by atoms with van der Waals surface area (Å²) >= 11 is 0. The maximum Gasteiger partial charge on any atom is 0.310 e. The number of amides is 1. The van der Waals surface area contributed by atoms with Gasteiger partial charge in [-0.3, -0.25) is 9.59 Å². The van der Waals surface area contributed by atoms with Gasteiger partial charge in [-0.05, 0) is 24.7 Å². The highest BCUT2D eigenvalue weighted by atomic mass is 16.4. The fraction of sp³-hybridized carbons (Fsp3) is 0.900. The van der Waals surface area contributed by atoms with E-state index in [2.05, 4.69) is 27.7 Å². The van der Waals surface area contributed by atoms with Crippen molar-refractivity contribution < 1.29 is 14.7 Å². The third-order valence-electron chi connectivity index (χ3n) is 5.41. The van der Waals surface area contributed by atoms with Crippen molar-refractivity contribution >= 4 is 11.9 Å². The van der Waals surface area contributed by atoms with E-state index in [1.165, 1.54) is 0 Å². The lowest BCUT2D eigenvalue weighted by atomic mass is 9.68. The van der Waals surface area contributed by atoms with Gasteiger partial charge in [-0.1, -0.05) is 79.1 Å². The molecule has 0 fully saturated rings. The summed E-state index contributed by atoms with van der Waals surface area (Å²) in [4.78, 5) is 23.8. The minimum atomic E-state index is -0.991. The van der Waals surface area contributed by atoms with E-state index in [4.69, 9.17) is 5.73 Å². The lowest BCUT2D eigenvalue weighted by molar-refractivity contribution is -0.154. The van der Waals surface area contributed by atoms with Crippen molar-refractivity contribution in [2.45, 2.75) is 98.3 Å². The van der Waals surface area contributed by atoms with Crippen molar-refractivity contribution in [3.63, 3.8) is 0 Å². The van der Waals surface area contributed by atoms with Crippen LogP contribution in [-0.4, -0.2) is 17.0 Å². The Labute approximate surface area is 148 Å². The summed E-state index contributed by atoms with van der Waals surface area (Å²) < 4.78 is 0. The van der Waals surface area contributed by atoms with Crippen LogP contribution >= 0.6 is 0 Å². The van der Waals surface area contributed by atoms with Gasteiger partial charge in [-0.15, -0.1) is 0 Å². The fourth-order valence-electron chi connectivity index (χ4n) is 3.80. The largest absolute Gasteiger partial charge is 0.481 e. The first kappa shape index (κ1) is 22.9. The summed E-state index contributed by atoms with van der Waals surface area (Å²) in [7, 11) is 0. The number of hydrogen-bond donors (Lipinski definition) is 2. The van der Waals surface area contributed by atoms with Crippen LogP contribution in [0.4, 0.5) is 0 Å². The lowest BCUT2D eigenvalue weighted by Gasteiger charge is -2.35. The van der Waals surface area contributed by atoms with Crippen LogP contribution in [0.2, 0.25) is 0 Å². The molecule has 0 radical (unpaired) electrons. The van der Waals surface area contributed by atoms with E-state index in [9.17, 15) is 14.7 Å². The second kappa shape index (κ2) is 12.3. The van der Waals surface area contributed by atoms with E-state index >= 15 is 0 Å². The van der Waals surface area contributed by atoms with Crippen LogP contribution in [0.25, 0.3) is 0 Å². The zero-order chi connectivity index (χ0) is 18.6. The first-order valence-electron chi connectivity index (χ1n) is 9.86. The summed E-state index contributed by atoms with van der Waals surface area (Å²) in [6.45, 7) is 8.54. The van der Waals surface area contributed by atoms with Crippen molar-refractivity contribution in [3.05, 3.63) is 0 Å². The van der Waals surface area contributed by atoms with Crippen molar-refractivity contribution in [3.8, 4) is 0 Å². The molecule has 142 valence electrons. The van der Waals surface area contributed by atoms with E-state index in [0.29, 0.717) is 24.7 Å². The molecule has 0 saturated carbocycles. The molecule has 4 nitrogen and oxygen atoms in total. The maximum atomic E-state index is 12.2. The smallest absolute Gasteiger partial charge is 0.310 e. The van der Waals surface area contributed by atoms with Gasteiger partial charge >= 0.3 is 5.97 Å². The van der Waals surface area contributed by atoms with Gasteiger partial charge in [-0.25, -0.2) is 0 Å². The molecule has 0 heterocycles. The minimum Gasteiger partial charge on any atom is -0.481 e. The molecule has 0 aliphatic heterocycles. The van der Waals surface area contributed by atoms with Gasteiger partial charge in [0, 0.05) is 6.42 Å². The van der Waals surface area contributed by atoms with Gasteiger partial charge in [0.1, 0.15) is 0 Å². The van der Waals surface area contributed by atoms with Gasteiger partial charge < -0.3 is 10.8 Å². The molecule has 2 atom stereocenters. The van der Waals surface area contributed by atoms with E-state index in [1.807, 2.05) is 0 Å². The van der Waals surface area contributed by atoms with Crippen LogP contribution in [0, 0.1) is 17.3 Å². The summed E-state index contributed by atoms with van der Waals surface area (Å²) in [5.41, 5.74) is 4.46. The summed E-state index contributed by atoms with van der Waals surface area (Å²) in [5.74, 6) is -0.632. The topological polar surface area (TPSA) is 80.4 Å². The fourth-order valence-corrected chi connectivity index (χ4v) is 3.80. The number of carbonyl (C=O) groups excluding carboxylic acids is 1. The number of hydrogen-bond acceptors (Lipinski definition) is 2. The number of unbranched alkanes of at least 4 members (excludes halogenated alkanes) is 2. The second-order valence-electron chi connectivity index (χ2n) is 7.47.